The fourth-order valence-electron chi connectivity index (χ4n) is 2.88. The van der Waals surface area contributed by atoms with Gasteiger partial charge >= 0.3 is 0 Å². The van der Waals surface area contributed by atoms with E-state index in [4.69, 9.17) is 0 Å². The van der Waals surface area contributed by atoms with Crippen LogP contribution in [0, 0.1) is 0 Å². The molecule has 1 aliphatic carbocycles. The first kappa shape index (κ1) is 13.3. The molecule has 1 aromatic carbocycles. The Balaban J connectivity index is 2.05. The van der Waals surface area contributed by atoms with Crippen LogP contribution in [-0.2, 0) is 11.2 Å². The van der Waals surface area contributed by atoms with Crippen molar-refractivity contribution in [3.8, 4) is 0 Å². The van der Waals surface area contributed by atoms with Gasteiger partial charge in [0.2, 0.25) is 0 Å². The lowest BCUT2D eigenvalue weighted by molar-refractivity contribution is -0.127. The average Bonchev–Trinajstić information content (AvgIpc) is 2.39. The zero-order chi connectivity index (χ0) is 13.0. The van der Waals surface area contributed by atoms with Crippen molar-refractivity contribution >= 4 is 5.78 Å². The van der Waals surface area contributed by atoms with E-state index in [0.29, 0.717) is 18.8 Å². The molecule has 0 amide bonds. The number of fused-ring (bicyclic) bond motifs is 1. The standard InChI is InChI=1S/C16H22O2/c1-2-6-15(17)16(18)11-13-9-5-8-12-7-3-4-10-14(12)13/h3-4,7,10,13,15,17H,2,5-6,8-9,11H2,1H3. The van der Waals surface area contributed by atoms with E-state index in [1.807, 2.05) is 13.0 Å². The molecule has 0 aliphatic heterocycles. The highest BCUT2D eigenvalue weighted by Crippen LogP contribution is 2.34. The number of hydrogen-bond acceptors (Lipinski definition) is 2. The Morgan fingerprint density at radius 3 is 3.00 bits per heavy atom. The second-order valence-electron chi connectivity index (χ2n) is 5.26. The third-order valence-corrected chi connectivity index (χ3v) is 3.87. The first-order chi connectivity index (χ1) is 8.72. The summed E-state index contributed by atoms with van der Waals surface area (Å²) in [7, 11) is 0. The molecule has 0 aromatic heterocycles. The van der Waals surface area contributed by atoms with E-state index in [2.05, 4.69) is 18.2 Å². The van der Waals surface area contributed by atoms with E-state index < -0.39 is 6.10 Å². The summed E-state index contributed by atoms with van der Waals surface area (Å²) in [6.45, 7) is 1.99. The summed E-state index contributed by atoms with van der Waals surface area (Å²) in [5.74, 6) is 0.326. The van der Waals surface area contributed by atoms with Crippen LogP contribution in [-0.4, -0.2) is 17.0 Å². The Hall–Kier alpha value is -1.15. The van der Waals surface area contributed by atoms with Gasteiger partial charge in [-0.05, 0) is 42.7 Å². The molecule has 0 saturated heterocycles. The van der Waals surface area contributed by atoms with Crippen LogP contribution in [0.25, 0.3) is 0 Å². The fraction of sp³-hybridized carbons (Fsp3) is 0.562. The maximum absolute atomic E-state index is 12.0. The van der Waals surface area contributed by atoms with Crippen LogP contribution in [0.3, 0.4) is 0 Å². The normalized spacial score (nSPS) is 20.2. The quantitative estimate of drug-likeness (QED) is 0.866. The van der Waals surface area contributed by atoms with Gasteiger partial charge in [0.05, 0.1) is 0 Å². The van der Waals surface area contributed by atoms with Crippen LogP contribution in [0.15, 0.2) is 24.3 Å². The van der Waals surface area contributed by atoms with E-state index >= 15 is 0 Å². The third-order valence-electron chi connectivity index (χ3n) is 3.87. The van der Waals surface area contributed by atoms with Crippen LogP contribution in [0.1, 0.15) is 56.1 Å². The Bertz CT molecular complexity index is 411. The summed E-state index contributed by atoms with van der Waals surface area (Å²) in [5, 5.41) is 9.75. The number of rotatable bonds is 5. The van der Waals surface area contributed by atoms with Gasteiger partial charge < -0.3 is 5.11 Å². The third kappa shape index (κ3) is 2.99. The number of ketones is 1. The Kier molecular flexibility index (Phi) is 4.54. The number of hydrogen-bond donors (Lipinski definition) is 1. The highest BCUT2D eigenvalue weighted by molar-refractivity contribution is 5.83. The predicted molar refractivity (Wildman–Crippen MR) is 72.7 cm³/mol. The number of aliphatic hydroxyl groups is 1. The number of Topliss-reactive ketones (excluding diaryl/α,β-unsaturated/α-hetero) is 1. The number of carbonyl (C=O) groups is 1. The Morgan fingerprint density at radius 2 is 2.22 bits per heavy atom. The first-order valence-corrected chi connectivity index (χ1v) is 7.01. The van der Waals surface area contributed by atoms with Crippen molar-refractivity contribution in [2.24, 2.45) is 0 Å². The van der Waals surface area contributed by atoms with Gasteiger partial charge in [0, 0.05) is 6.42 Å². The molecule has 18 heavy (non-hydrogen) atoms. The van der Waals surface area contributed by atoms with Crippen LogP contribution < -0.4 is 0 Å². The average molecular weight is 246 g/mol. The summed E-state index contributed by atoms with van der Waals surface area (Å²) < 4.78 is 0. The molecule has 0 bridgehead atoms. The molecule has 0 spiro atoms. The summed E-state index contributed by atoms with van der Waals surface area (Å²) >= 11 is 0. The minimum absolute atomic E-state index is 0.0125. The van der Waals surface area contributed by atoms with Crippen molar-refractivity contribution in [1.82, 2.24) is 0 Å². The zero-order valence-electron chi connectivity index (χ0n) is 11.1. The van der Waals surface area contributed by atoms with Crippen molar-refractivity contribution in [2.75, 3.05) is 0 Å². The van der Waals surface area contributed by atoms with Gasteiger partial charge in [-0.15, -0.1) is 0 Å². The molecule has 0 heterocycles. The molecular formula is C16H22O2. The smallest absolute Gasteiger partial charge is 0.161 e. The van der Waals surface area contributed by atoms with Crippen molar-refractivity contribution in [2.45, 2.75) is 57.5 Å². The van der Waals surface area contributed by atoms with Crippen LogP contribution >= 0.6 is 0 Å². The molecule has 2 unspecified atom stereocenters. The highest BCUT2D eigenvalue weighted by atomic mass is 16.3. The predicted octanol–water partition coefficient (Wildman–Crippen LogP) is 3.23. The van der Waals surface area contributed by atoms with E-state index in [9.17, 15) is 9.90 Å². The highest BCUT2D eigenvalue weighted by Gasteiger charge is 2.24. The summed E-state index contributed by atoms with van der Waals surface area (Å²) in [5.41, 5.74) is 2.70. The molecule has 2 rings (SSSR count). The second-order valence-corrected chi connectivity index (χ2v) is 5.26. The molecule has 0 radical (unpaired) electrons. The molecule has 2 nitrogen and oxygen atoms in total. The molecule has 0 fully saturated rings. The Morgan fingerprint density at radius 1 is 1.44 bits per heavy atom. The lowest BCUT2D eigenvalue weighted by Crippen LogP contribution is -2.23. The molecule has 2 heteroatoms. The van der Waals surface area contributed by atoms with Crippen LogP contribution in [0.5, 0.6) is 0 Å². The molecular weight excluding hydrogens is 224 g/mol. The molecule has 1 aromatic rings. The van der Waals surface area contributed by atoms with Gasteiger partial charge in [-0.1, -0.05) is 37.6 Å². The van der Waals surface area contributed by atoms with Gasteiger partial charge in [0.1, 0.15) is 6.10 Å². The summed E-state index contributed by atoms with van der Waals surface area (Å²) in [6, 6.07) is 8.41. The molecule has 0 saturated carbocycles. The summed E-state index contributed by atoms with van der Waals surface area (Å²) in [6.07, 6.45) is 4.53. The van der Waals surface area contributed by atoms with Crippen molar-refractivity contribution in [1.29, 1.82) is 0 Å². The van der Waals surface area contributed by atoms with E-state index in [1.165, 1.54) is 11.1 Å². The zero-order valence-corrected chi connectivity index (χ0v) is 11.1. The lowest BCUT2D eigenvalue weighted by atomic mass is 9.79. The molecule has 1 aliphatic rings. The number of aryl methyl sites for hydroxylation is 1. The van der Waals surface area contributed by atoms with Gasteiger partial charge in [-0.3, -0.25) is 4.79 Å². The van der Waals surface area contributed by atoms with E-state index in [0.717, 1.165) is 25.7 Å². The lowest BCUT2D eigenvalue weighted by Gasteiger charge is -2.25. The fourth-order valence-corrected chi connectivity index (χ4v) is 2.88. The van der Waals surface area contributed by atoms with Gasteiger partial charge in [0.25, 0.3) is 0 Å². The van der Waals surface area contributed by atoms with Crippen LogP contribution in [0.2, 0.25) is 0 Å². The Labute approximate surface area is 109 Å². The summed E-state index contributed by atoms with van der Waals surface area (Å²) in [4.78, 5) is 12.0. The minimum atomic E-state index is -0.760. The van der Waals surface area contributed by atoms with Gasteiger partial charge in [0.15, 0.2) is 5.78 Å². The van der Waals surface area contributed by atoms with E-state index in [1.54, 1.807) is 0 Å². The van der Waals surface area contributed by atoms with Gasteiger partial charge in [-0.25, -0.2) is 0 Å². The SMILES string of the molecule is CCCC(O)C(=O)CC1CCCc2ccccc21. The monoisotopic (exact) mass is 246 g/mol. The molecule has 1 N–H and O–H groups in total. The number of benzene rings is 1. The second kappa shape index (κ2) is 6.14. The first-order valence-electron chi connectivity index (χ1n) is 7.01. The van der Waals surface area contributed by atoms with Crippen molar-refractivity contribution in [3.63, 3.8) is 0 Å². The van der Waals surface area contributed by atoms with E-state index in [-0.39, 0.29) is 5.78 Å². The van der Waals surface area contributed by atoms with Crippen LogP contribution in [0.4, 0.5) is 0 Å². The molecule has 2 atom stereocenters. The topological polar surface area (TPSA) is 37.3 Å². The molecule has 98 valence electrons. The largest absolute Gasteiger partial charge is 0.385 e. The number of carbonyl (C=O) groups excluding carboxylic acids is 1. The number of aliphatic hydroxyl groups excluding tert-OH is 1. The van der Waals surface area contributed by atoms with Crippen molar-refractivity contribution < 1.29 is 9.90 Å². The maximum atomic E-state index is 12.0. The maximum Gasteiger partial charge on any atom is 0.161 e. The van der Waals surface area contributed by atoms with Gasteiger partial charge in [-0.2, -0.15) is 0 Å². The van der Waals surface area contributed by atoms with Crippen molar-refractivity contribution in [3.05, 3.63) is 35.4 Å². The minimum Gasteiger partial charge on any atom is -0.385 e.